The Morgan fingerprint density at radius 1 is 1.04 bits per heavy atom. The smallest absolute Gasteiger partial charge is 0.433 e. The van der Waals surface area contributed by atoms with Crippen LogP contribution in [-0.4, -0.2) is 52.3 Å². The van der Waals surface area contributed by atoms with Crippen LogP contribution in [0.25, 0.3) is 22.4 Å². The molecule has 4 N–H and O–H groups in total. The van der Waals surface area contributed by atoms with Gasteiger partial charge < -0.3 is 25.6 Å². The van der Waals surface area contributed by atoms with Crippen LogP contribution in [0.4, 0.5) is 30.7 Å². The van der Waals surface area contributed by atoms with Gasteiger partial charge in [-0.05, 0) is 74.4 Å². The first-order chi connectivity index (χ1) is 23.4. The second kappa shape index (κ2) is 12.3. The molecule has 2 atom stereocenters. The molecule has 2 aliphatic rings. The topological polar surface area (TPSA) is 137 Å². The van der Waals surface area contributed by atoms with E-state index in [0.717, 1.165) is 42.6 Å². The molecule has 1 fully saturated rings. The fraction of sp³-hybridized carbons (Fsp3) is 0.294. The van der Waals surface area contributed by atoms with Crippen molar-refractivity contribution in [2.24, 2.45) is 5.73 Å². The number of hydrogen-bond acceptors (Lipinski definition) is 7. The van der Waals surface area contributed by atoms with Gasteiger partial charge in [0.15, 0.2) is 5.69 Å². The number of nitrogens with zero attached hydrogens (tertiary/aromatic N) is 2. The van der Waals surface area contributed by atoms with E-state index < -0.39 is 58.9 Å². The second-order valence-corrected chi connectivity index (χ2v) is 12.2. The number of primary amides is 1. The van der Waals surface area contributed by atoms with Gasteiger partial charge in [0.25, 0.3) is 5.91 Å². The number of nitrogens with one attached hydrogen (secondary N) is 1. The maximum absolute atomic E-state index is 14.8. The molecule has 0 saturated heterocycles. The molecule has 1 saturated carbocycles. The molecule has 6 rings (SSSR count). The lowest BCUT2D eigenvalue weighted by atomic mass is 9.81. The van der Waals surface area contributed by atoms with Gasteiger partial charge in [-0.25, -0.2) is 9.37 Å². The Kier molecular flexibility index (Phi) is 8.49. The van der Waals surface area contributed by atoms with Crippen molar-refractivity contribution in [1.82, 2.24) is 15.3 Å². The van der Waals surface area contributed by atoms with Crippen LogP contribution in [0.1, 0.15) is 47.1 Å². The molecular weight excluding hydrogens is 677 g/mol. The standard InChI is InChI=1S/C34H27F7N4O5/c1-31(30(42)47)16-49-27-23(31)14-25(45-26(27)17-4-7-19(35)8-5-17)32(48,34(39,40)41)15-44-29(46)18-6-11-21(24(13-18)50-20-9-10-20)22-3-2-12-43-28(22)33(36,37)38/h2-8,11-14,20,48H,9-10,15-16H2,1H3,(H2,42,47)(H,44,46)/t31-,32-/m0/s1. The van der Waals surface area contributed by atoms with Crippen LogP contribution in [-0.2, 0) is 22.0 Å². The number of aliphatic hydroxyl groups is 1. The second-order valence-electron chi connectivity index (χ2n) is 12.2. The monoisotopic (exact) mass is 704 g/mol. The van der Waals surface area contributed by atoms with E-state index in [9.17, 15) is 45.4 Å². The average molecular weight is 705 g/mol. The Balaban J connectivity index is 1.37. The molecule has 2 aromatic heterocycles. The molecule has 9 nitrogen and oxygen atoms in total. The molecule has 4 aromatic rings. The van der Waals surface area contributed by atoms with Crippen LogP contribution in [0.3, 0.4) is 0 Å². The van der Waals surface area contributed by atoms with Crippen molar-refractivity contribution < 1.29 is 54.9 Å². The molecule has 0 spiro atoms. The number of halogens is 7. The molecule has 262 valence electrons. The molecule has 2 amide bonds. The summed E-state index contributed by atoms with van der Waals surface area (Å²) in [5, 5.41) is 13.3. The molecule has 1 aliphatic heterocycles. The van der Waals surface area contributed by atoms with Crippen LogP contribution in [0.5, 0.6) is 11.5 Å². The molecule has 3 heterocycles. The zero-order valence-electron chi connectivity index (χ0n) is 26.0. The van der Waals surface area contributed by atoms with Gasteiger partial charge in [0, 0.05) is 34.0 Å². The lowest BCUT2D eigenvalue weighted by molar-refractivity contribution is -0.265. The highest BCUT2D eigenvalue weighted by Gasteiger charge is 2.58. The van der Waals surface area contributed by atoms with Crippen LogP contribution in [0.2, 0.25) is 0 Å². The lowest BCUT2D eigenvalue weighted by Gasteiger charge is -2.31. The average Bonchev–Trinajstić information content (AvgIpc) is 3.82. The normalized spacial score (nSPS) is 18.5. The van der Waals surface area contributed by atoms with Gasteiger partial charge >= 0.3 is 12.4 Å². The van der Waals surface area contributed by atoms with E-state index in [1.165, 1.54) is 31.2 Å². The maximum atomic E-state index is 14.8. The van der Waals surface area contributed by atoms with Gasteiger partial charge in [0.2, 0.25) is 11.5 Å². The number of nitrogens with two attached hydrogens (primary N) is 1. The van der Waals surface area contributed by atoms with E-state index >= 15 is 0 Å². The summed E-state index contributed by atoms with van der Waals surface area (Å²) in [6.45, 7) is -0.510. The SMILES string of the molecule is C[C@]1(C(N)=O)COc2c1cc([C@@](O)(CNC(=O)c1ccc(-c3cccnc3C(F)(F)F)c(OC3CC3)c1)C(F)(F)F)nc2-c1ccc(F)cc1. The molecular formula is C34H27F7N4O5. The van der Waals surface area contributed by atoms with Crippen LogP contribution in [0.15, 0.2) is 66.9 Å². The molecule has 16 heteroatoms. The number of hydrogen-bond donors (Lipinski definition) is 3. The zero-order chi connectivity index (χ0) is 36.2. The number of benzene rings is 2. The molecule has 0 radical (unpaired) electrons. The first kappa shape index (κ1) is 34.6. The molecule has 2 aromatic carbocycles. The largest absolute Gasteiger partial charge is 0.490 e. The minimum Gasteiger partial charge on any atom is -0.490 e. The van der Waals surface area contributed by atoms with E-state index in [1.807, 2.05) is 5.32 Å². The summed E-state index contributed by atoms with van der Waals surface area (Å²) in [6, 6.07) is 11.1. The Bertz CT molecular complexity index is 1980. The Labute approximate surface area is 279 Å². The number of aromatic nitrogens is 2. The number of alkyl halides is 6. The summed E-state index contributed by atoms with van der Waals surface area (Å²) in [4.78, 5) is 33.2. The highest BCUT2D eigenvalue weighted by atomic mass is 19.4. The number of rotatable bonds is 9. The summed E-state index contributed by atoms with van der Waals surface area (Å²) in [5.74, 6) is -2.95. The Morgan fingerprint density at radius 3 is 2.36 bits per heavy atom. The number of pyridine rings is 2. The highest BCUT2D eigenvalue weighted by molar-refractivity contribution is 5.96. The van der Waals surface area contributed by atoms with Gasteiger partial charge in [-0.15, -0.1) is 0 Å². The zero-order valence-corrected chi connectivity index (χ0v) is 26.0. The summed E-state index contributed by atoms with van der Waals surface area (Å²) in [6.07, 6.45) is -8.47. The maximum Gasteiger partial charge on any atom is 0.433 e. The van der Waals surface area contributed by atoms with Gasteiger partial charge in [0.05, 0.1) is 18.3 Å². The predicted molar refractivity (Wildman–Crippen MR) is 162 cm³/mol. The Morgan fingerprint density at radius 2 is 1.74 bits per heavy atom. The molecule has 1 aliphatic carbocycles. The first-order valence-electron chi connectivity index (χ1n) is 15.1. The lowest BCUT2D eigenvalue weighted by Crippen LogP contribution is -2.51. The minimum atomic E-state index is -5.47. The molecule has 50 heavy (non-hydrogen) atoms. The van der Waals surface area contributed by atoms with Gasteiger partial charge in [-0.1, -0.05) is 6.07 Å². The summed E-state index contributed by atoms with van der Waals surface area (Å²) in [5.41, 5.74) is -3.07. The number of amides is 2. The third kappa shape index (κ3) is 6.30. The van der Waals surface area contributed by atoms with Crippen molar-refractivity contribution in [3.05, 3.63) is 95.2 Å². The van der Waals surface area contributed by atoms with Crippen molar-refractivity contribution in [2.75, 3.05) is 13.2 Å². The number of ether oxygens (including phenoxy) is 2. The quantitative estimate of drug-likeness (QED) is 0.187. The molecule has 0 unspecified atom stereocenters. The van der Waals surface area contributed by atoms with Crippen molar-refractivity contribution >= 4 is 11.8 Å². The van der Waals surface area contributed by atoms with Crippen molar-refractivity contribution in [2.45, 2.75) is 49.2 Å². The number of carbonyl (C=O) groups is 2. The number of fused-ring (bicyclic) bond motifs is 1. The van der Waals surface area contributed by atoms with E-state index in [1.54, 1.807) is 0 Å². The Hall–Kier alpha value is -5.25. The first-order valence-corrected chi connectivity index (χ1v) is 15.1. The van der Waals surface area contributed by atoms with Gasteiger partial charge in [-0.2, -0.15) is 26.3 Å². The van der Waals surface area contributed by atoms with Gasteiger partial charge in [0.1, 0.15) is 35.0 Å². The number of carbonyl (C=O) groups excluding carboxylic acids is 2. The van der Waals surface area contributed by atoms with Gasteiger partial charge in [-0.3, -0.25) is 14.6 Å². The van der Waals surface area contributed by atoms with Crippen LogP contribution >= 0.6 is 0 Å². The van der Waals surface area contributed by atoms with Crippen LogP contribution in [0, 0.1) is 5.82 Å². The van der Waals surface area contributed by atoms with E-state index in [-0.39, 0.29) is 57.7 Å². The van der Waals surface area contributed by atoms with Crippen molar-refractivity contribution in [1.29, 1.82) is 0 Å². The fourth-order valence-corrected chi connectivity index (χ4v) is 5.45. The third-order valence-electron chi connectivity index (χ3n) is 8.56. The summed E-state index contributed by atoms with van der Waals surface area (Å²) in [7, 11) is 0. The van der Waals surface area contributed by atoms with Crippen LogP contribution < -0.4 is 20.5 Å². The molecule has 0 bridgehead atoms. The van der Waals surface area contributed by atoms with E-state index in [2.05, 4.69) is 9.97 Å². The van der Waals surface area contributed by atoms with Crippen molar-refractivity contribution in [3.63, 3.8) is 0 Å². The van der Waals surface area contributed by atoms with E-state index in [0.29, 0.717) is 12.8 Å². The summed E-state index contributed by atoms with van der Waals surface area (Å²) >= 11 is 0. The highest BCUT2D eigenvalue weighted by Crippen LogP contribution is 2.48. The fourth-order valence-electron chi connectivity index (χ4n) is 5.45. The summed E-state index contributed by atoms with van der Waals surface area (Å²) < 4.78 is 111. The minimum absolute atomic E-state index is 0.0453. The van der Waals surface area contributed by atoms with Crippen molar-refractivity contribution in [3.8, 4) is 33.9 Å². The third-order valence-corrected chi connectivity index (χ3v) is 8.56. The predicted octanol–water partition coefficient (Wildman–Crippen LogP) is 5.83. The van der Waals surface area contributed by atoms with E-state index in [4.69, 9.17) is 15.2 Å².